The molecule has 1 saturated carbocycles. The molecule has 1 fully saturated rings. The first-order valence-corrected chi connectivity index (χ1v) is 7.07. The predicted octanol–water partition coefficient (Wildman–Crippen LogP) is 2.87. The maximum atomic E-state index is 5.94. The Hall–Kier alpha value is -0.0800. The van der Waals surface area contributed by atoms with Crippen LogP contribution >= 0.6 is 0 Å². The fourth-order valence-electron chi connectivity index (χ4n) is 3.11. The summed E-state index contributed by atoms with van der Waals surface area (Å²) in [5.74, 6) is 1.47. The molecule has 0 heterocycles. The molecule has 0 aromatic rings. The van der Waals surface area contributed by atoms with Crippen molar-refractivity contribution in [1.82, 2.24) is 4.90 Å². The molecule has 0 radical (unpaired) electrons. The highest BCUT2D eigenvalue weighted by Gasteiger charge is 2.31. The van der Waals surface area contributed by atoms with E-state index in [1.54, 1.807) is 0 Å². The van der Waals surface area contributed by atoms with E-state index in [9.17, 15) is 0 Å². The molecule has 1 rings (SSSR count). The Morgan fingerprint density at radius 2 is 1.81 bits per heavy atom. The molecule has 2 nitrogen and oxygen atoms in total. The molecule has 1 aliphatic carbocycles. The topological polar surface area (TPSA) is 29.3 Å². The van der Waals surface area contributed by atoms with Gasteiger partial charge in [0.05, 0.1) is 0 Å². The van der Waals surface area contributed by atoms with Crippen molar-refractivity contribution in [2.45, 2.75) is 65.5 Å². The van der Waals surface area contributed by atoms with E-state index in [2.05, 4.69) is 32.6 Å². The summed E-state index contributed by atoms with van der Waals surface area (Å²) in [5.41, 5.74) is 5.94. The summed E-state index contributed by atoms with van der Waals surface area (Å²) in [6, 6.07) is 1.42. The molecule has 0 aromatic carbocycles. The second kappa shape index (κ2) is 6.61. The van der Waals surface area contributed by atoms with E-state index in [-0.39, 0.29) is 0 Å². The molecule has 3 atom stereocenters. The Kier molecular flexibility index (Phi) is 5.77. The van der Waals surface area contributed by atoms with Crippen molar-refractivity contribution in [3.05, 3.63) is 0 Å². The van der Waals surface area contributed by atoms with Crippen LogP contribution in [0.3, 0.4) is 0 Å². The fourth-order valence-corrected chi connectivity index (χ4v) is 3.11. The summed E-state index contributed by atoms with van der Waals surface area (Å²) in [6.07, 6.45) is 5.46. The third-order valence-corrected chi connectivity index (χ3v) is 4.45. The van der Waals surface area contributed by atoms with Crippen LogP contribution in [-0.2, 0) is 0 Å². The zero-order valence-electron chi connectivity index (χ0n) is 11.6. The van der Waals surface area contributed by atoms with Crippen molar-refractivity contribution >= 4 is 0 Å². The molecule has 3 unspecified atom stereocenters. The molecule has 0 amide bonds. The monoisotopic (exact) mass is 226 g/mol. The van der Waals surface area contributed by atoms with Crippen molar-refractivity contribution < 1.29 is 0 Å². The molecule has 0 bridgehead atoms. The van der Waals surface area contributed by atoms with Crippen LogP contribution in [0.1, 0.15) is 53.4 Å². The van der Waals surface area contributed by atoms with E-state index in [0.717, 1.165) is 24.4 Å². The average Bonchev–Trinajstić information content (AvgIpc) is 2.30. The molecule has 16 heavy (non-hydrogen) atoms. The third-order valence-electron chi connectivity index (χ3n) is 4.45. The number of nitrogens with zero attached hydrogens (tertiary/aromatic N) is 1. The van der Waals surface area contributed by atoms with Crippen molar-refractivity contribution in [2.75, 3.05) is 13.1 Å². The van der Waals surface area contributed by atoms with Crippen molar-refractivity contribution in [1.29, 1.82) is 0 Å². The van der Waals surface area contributed by atoms with E-state index < -0.39 is 0 Å². The molecule has 2 N–H and O–H groups in total. The molecule has 1 aliphatic rings. The maximum Gasteiger partial charge on any atom is 0.0138 e. The van der Waals surface area contributed by atoms with Gasteiger partial charge in [-0.25, -0.2) is 0 Å². The van der Waals surface area contributed by atoms with Crippen LogP contribution in [0.15, 0.2) is 0 Å². The van der Waals surface area contributed by atoms with Crippen molar-refractivity contribution in [3.8, 4) is 0 Å². The van der Waals surface area contributed by atoms with Crippen LogP contribution in [0.25, 0.3) is 0 Å². The molecular formula is C14H30N2. The SMILES string of the molecule is CCN(C(C)C(C)C)C1CCCCC1CN. The van der Waals surface area contributed by atoms with Gasteiger partial charge in [-0.05, 0) is 44.7 Å². The zero-order chi connectivity index (χ0) is 12.1. The highest BCUT2D eigenvalue weighted by Crippen LogP contribution is 2.30. The molecule has 96 valence electrons. The Balaban J connectivity index is 2.68. The maximum absolute atomic E-state index is 5.94. The minimum absolute atomic E-state index is 0.683. The van der Waals surface area contributed by atoms with Crippen molar-refractivity contribution in [3.63, 3.8) is 0 Å². The molecule has 0 aliphatic heterocycles. The predicted molar refractivity (Wildman–Crippen MR) is 71.5 cm³/mol. The van der Waals surface area contributed by atoms with Gasteiger partial charge in [0.2, 0.25) is 0 Å². The van der Waals surface area contributed by atoms with Gasteiger partial charge in [-0.2, -0.15) is 0 Å². The van der Waals surface area contributed by atoms with Gasteiger partial charge in [-0.1, -0.05) is 33.6 Å². The van der Waals surface area contributed by atoms with Gasteiger partial charge < -0.3 is 5.73 Å². The van der Waals surface area contributed by atoms with Crippen LogP contribution in [-0.4, -0.2) is 30.1 Å². The van der Waals surface area contributed by atoms with E-state index in [1.807, 2.05) is 0 Å². The smallest absolute Gasteiger partial charge is 0.0138 e. The Morgan fingerprint density at radius 1 is 1.19 bits per heavy atom. The molecule has 0 spiro atoms. The van der Waals surface area contributed by atoms with Gasteiger partial charge in [-0.3, -0.25) is 4.90 Å². The lowest BCUT2D eigenvalue weighted by molar-refractivity contribution is 0.0584. The molecule has 0 saturated heterocycles. The van der Waals surface area contributed by atoms with Gasteiger partial charge in [0.15, 0.2) is 0 Å². The summed E-state index contributed by atoms with van der Waals surface area (Å²) >= 11 is 0. The lowest BCUT2D eigenvalue weighted by Crippen LogP contribution is -2.50. The van der Waals surface area contributed by atoms with Crippen LogP contribution in [0.4, 0.5) is 0 Å². The average molecular weight is 226 g/mol. The lowest BCUT2D eigenvalue weighted by atomic mass is 9.82. The Morgan fingerprint density at radius 3 is 2.31 bits per heavy atom. The van der Waals surface area contributed by atoms with Gasteiger partial charge in [0.1, 0.15) is 0 Å². The normalized spacial score (nSPS) is 28.7. The quantitative estimate of drug-likeness (QED) is 0.781. The van der Waals surface area contributed by atoms with E-state index in [0.29, 0.717) is 6.04 Å². The molecule has 0 aromatic heterocycles. The van der Waals surface area contributed by atoms with Gasteiger partial charge in [-0.15, -0.1) is 0 Å². The van der Waals surface area contributed by atoms with Gasteiger partial charge in [0.25, 0.3) is 0 Å². The Bertz CT molecular complexity index is 189. The first kappa shape index (κ1) is 14.0. The fraction of sp³-hybridized carbons (Fsp3) is 1.00. The number of hydrogen-bond donors (Lipinski definition) is 1. The van der Waals surface area contributed by atoms with Crippen LogP contribution in [0.2, 0.25) is 0 Å². The first-order valence-electron chi connectivity index (χ1n) is 7.07. The number of rotatable bonds is 5. The zero-order valence-corrected chi connectivity index (χ0v) is 11.6. The summed E-state index contributed by atoms with van der Waals surface area (Å²) in [5, 5.41) is 0. The van der Waals surface area contributed by atoms with E-state index in [1.165, 1.54) is 32.2 Å². The van der Waals surface area contributed by atoms with E-state index >= 15 is 0 Å². The Labute approximate surface area is 102 Å². The van der Waals surface area contributed by atoms with E-state index in [4.69, 9.17) is 5.73 Å². The second-order valence-electron chi connectivity index (χ2n) is 5.66. The lowest BCUT2D eigenvalue weighted by Gasteiger charge is -2.43. The minimum Gasteiger partial charge on any atom is -0.330 e. The summed E-state index contributed by atoms with van der Waals surface area (Å²) in [6.45, 7) is 11.4. The van der Waals surface area contributed by atoms with Crippen LogP contribution < -0.4 is 5.73 Å². The summed E-state index contributed by atoms with van der Waals surface area (Å²) in [4.78, 5) is 2.70. The highest BCUT2D eigenvalue weighted by atomic mass is 15.2. The second-order valence-corrected chi connectivity index (χ2v) is 5.66. The van der Waals surface area contributed by atoms with Gasteiger partial charge in [0, 0.05) is 12.1 Å². The molecule has 2 heteroatoms. The summed E-state index contributed by atoms with van der Waals surface area (Å²) in [7, 11) is 0. The minimum atomic E-state index is 0.683. The number of nitrogens with two attached hydrogens (primary N) is 1. The number of hydrogen-bond acceptors (Lipinski definition) is 2. The van der Waals surface area contributed by atoms with Crippen LogP contribution in [0.5, 0.6) is 0 Å². The summed E-state index contributed by atoms with van der Waals surface area (Å²) < 4.78 is 0. The molecular weight excluding hydrogens is 196 g/mol. The standard InChI is InChI=1S/C14H30N2/c1-5-16(12(4)11(2)3)14-9-7-6-8-13(14)10-15/h11-14H,5-10,15H2,1-4H3. The van der Waals surface area contributed by atoms with Gasteiger partial charge >= 0.3 is 0 Å². The highest BCUT2D eigenvalue weighted by molar-refractivity contribution is 4.86. The largest absolute Gasteiger partial charge is 0.330 e. The first-order chi connectivity index (χ1) is 7.61. The van der Waals surface area contributed by atoms with Crippen molar-refractivity contribution in [2.24, 2.45) is 17.6 Å². The third kappa shape index (κ3) is 3.21. The van der Waals surface area contributed by atoms with Crippen LogP contribution in [0, 0.1) is 11.8 Å².